The fraction of sp³-hybridized carbons (Fsp3) is 0.579. The Kier molecular flexibility index (Phi) is 6.16. The highest BCUT2D eigenvalue weighted by Crippen LogP contribution is 2.30. The molecule has 0 bridgehead atoms. The maximum atomic E-state index is 12.8. The van der Waals surface area contributed by atoms with Crippen molar-refractivity contribution in [3.05, 3.63) is 24.3 Å². The highest BCUT2D eigenvalue weighted by Gasteiger charge is 2.38. The van der Waals surface area contributed by atoms with Crippen molar-refractivity contribution < 1.29 is 18.0 Å². The molecule has 1 saturated carbocycles. The lowest BCUT2D eigenvalue weighted by Crippen LogP contribution is -2.44. The van der Waals surface area contributed by atoms with E-state index in [0.717, 1.165) is 25.7 Å². The Morgan fingerprint density at radius 2 is 1.93 bits per heavy atom. The lowest BCUT2D eigenvalue weighted by atomic mass is 10.1. The van der Waals surface area contributed by atoms with E-state index in [-0.39, 0.29) is 23.5 Å². The van der Waals surface area contributed by atoms with Gasteiger partial charge in [-0.2, -0.15) is 4.31 Å². The van der Waals surface area contributed by atoms with Gasteiger partial charge in [0, 0.05) is 23.8 Å². The molecule has 1 atom stereocenters. The molecule has 148 valence electrons. The molecule has 3 rings (SSSR count). The third-order valence-electron chi connectivity index (χ3n) is 4.97. The predicted octanol–water partition coefficient (Wildman–Crippen LogP) is 2.57. The summed E-state index contributed by atoms with van der Waals surface area (Å²) in [7, 11) is -3.37. The van der Waals surface area contributed by atoms with Crippen molar-refractivity contribution in [2.45, 2.75) is 51.5 Å². The molecule has 0 radical (unpaired) electrons. The van der Waals surface area contributed by atoms with Crippen LogP contribution in [0.25, 0.3) is 0 Å². The predicted molar refractivity (Wildman–Crippen MR) is 105 cm³/mol. The van der Waals surface area contributed by atoms with Gasteiger partial charge in [-0.15, -0.1) is 0 Å². The number of sulfonamides is 1. The van der Waals surface area contributed by atoms with Gasteiger partial charge in [0.05, 0.1) is 5.75 Å². The van der Waals surface area contributed by atoms with Gasteiger partial charge in [0.25, 0.3) is 0 Å². The normalized spacial score (nSPS) is 20.2. The Morgan fingerprint density at radius 3 is 2.52 bits per heavy atom. The minimum Gasteiger partial charge on any atom is -0.326 e. The fourth-order valence-electron chi connectivity index (χ4n) is 3.30. The lowest BCUT2D eigenvalue weighted by molar-refractivity contribution is -0.120. The summed E-state index contributed by atoms with van der Waals surface area (Å²) < 4.78 is 25.9. The summed E-state index contributed by atoms with van der Waals surface area (Å²) in [6, 6.07) is 6.27. The maximum Gasteiger partial charge on any atom is 0.242 e. The number of hydrogen-bond donors (Lipinski definition) is 2. The standard InChI is InChI=1S/C19H27N3O4S/c1-2-3-8-17(22-11-5-12-27(22,25)26)19(24)21-16-7-4-6-15(13-16)20-18(23)14-9-10-14/h4,6-7,13-14,17H,2-3,5,8-12H2,1H3,(H,20,23)(H,21,24). The smallest absolute Gasteiger partial charge is 0.242 e. The quantitative estimate of drug-likeness (QED) is 0.709. The molecule has 8 heteroatoms. The number of carbonyl (C=O) groups excluding carboxylic acids is 2. The molecule has 1 unspecified atom stereocenters. The zero-order valence-electron chi connectivity index (χ0n) is 15.6. The molecule has 1 saturated heterocycles. The SMILES string of the molecule is CCCCC(C(=O)Nc1cccc(NC(=O)C2CC2)c1)N1CCCS1(=O)=O. The molecule has 0 aromatic heterocycles. The van der Waals surface area contributed by atoms with Crippen LogP contribution < -0.4 is 10.6 Å². The van der Waals surface area contributed by atoms with Crippen LogP contribution in [0.1, 0.15) is 45.4 Å². The third kappa shape index (κ3) is 5.07. The molecule has 27 heavy (non-hydrogen) atoms. The summed E-state index contributed by atoms with van der Waals surface area (Å²) in [6.45, 7) is 2.40. The number of benzene rings is 1. The van der Waals surface area contributed by atoms with E-state index < -0.39 is 16.1 Å². The number of carbonyl (C=O) groups is 2. The van der Waals surface area contributed by atoms with Crippen LogP contribution in [0.3, 0.4) is 0 Å². The number of anilines is 2. The molecule has 2 fully saturated rings. The summed E-state index contributed by atoms with van der Waals surface area (Å²) >= 11 is 0. The number of rotatable bonds is 8. The van der Waals surface area contributed by atoms with Crippen molar-refractivity contribution in [2.24, 2.45) is 5.92 Å². The second kappa shape index (κ2) is 8.39. The lowest BCUT2D eigenvalue weighted by Gasteiger charge is -2.25. The van der Waals surface area contributed by atoms with Crippen LogP contribution >= 0.6 is 0 Å². The van der Waals surface area contributed by atoms with E-state index in [9.17, 15) is 18.0 Å². The van der Waals surface area contributed by atoms with E-state index in [1.165, 1.54) is 4.31 Å². The fourth-order valence-corrected chi connectivity index (χ4v) is 5.03. The molecule has 1 aliphatic heterocycles. The van der Waals surface area contributed by atoms with Gasteiger partial charge in [-0.3, -0.25) is 9.59 Å². The molecular weight excluding hydrogens is 366 g/mol. The van der Waals surface area contributed by atoms with Gasteiger partial charge in [-0.25, -0.2) is 8.42 Å². The molecule has 7 nitrogen and oxygen atoms in total. The Balaban J connectivity index is 1.70. The van der Waals surface area contributed by atoms with Crippen molar-refractivity contribution in [1.82, 2.24) is 4.31 Å². The van der Waals surface area contributed by atoms with Gasteiger partial charge >= 0.3 is 0 Å². The number of hydrogen-bond acceptors (Lipinski definition) is 4. The van der Waals surface area contributed by atoms with Gasteiger partial charge in [-0.05, 0) is 43.9 Å². The second-order valence-corrected chi connectivity index (χ2v) is 9.31. The van der Waals surface area contributed by atoms with Gasteiger partial charge in [-0.1, -0.05) is 25.8 Å². The summed E-state index contributed by atoms with van der Waals surface area (Å²) in [4.78, 5) is 24.7. The van der Waals surface area contributed by atoms with Crippen LogP contribution in [0.15, 0.2) is 24.3 Å². The monoisotopic (exact) mass is 393 g/mol. The van der Waals surface area contributed by atoms with E-state index >= 15 is 0 Å². The van der Waals surface area contributed by atoms with E-state index in [0.29, 0.717) is 30.8 Å². The third-order valence-corrected chi connectivity index (χ3v) is 6.92. The first-order valence-corrected chi connectivity index (χ1v) is 11.2. The summed E-state index contributed by atoms with van der Waals surface area (Å²) in [5.74, 6) is -0.116. The van der Waals surface area contributed by atoms with E-state index in [2.05, 4.69) is 10.6 Å². The zero-order chi connectivity index (χ0) is 19.4. The topological polar surface area (TPSA) is 95.6 Å². The largest absolute Gasteiger partial charge is 0.326 e. The van der Waals surface area contributed by atoms with Gasteiger partial charge in [0.2, 0.25) is 21.8 Å². The van der Waals surface area contributed by atoms with Crippen molar-refractivity contribution in [3.63, 3.8) is 0 Å². The summed E-state index contributed by atoms with van der Waals surface area (Å²) in [5, 5.41) is 5.68. The Labute approximate surface area is 160 Å². The van der Waals surface area contributed by atoms with Gasteiger partial charge in [0.1, 0.15) is 6.04 Å². The first kappa shape index (κ1) is 19.8. The molecule has 2 N–H and O–H groups in total. The minimum absolute atomic E-state index is 0.00228. The molecule has 1 heterocycles. The van der Waals surface area contributed by atoms with Crippen LogP contribution in [0.5, 0.6) is 0 Å². The van der Waals surface area contributed by atoms with Crippen molar-refractivity contribution in [1.29, 1.82) is 0 Å². The minimum atomic E-state index is -3.37. The van der Waals surface area contributed by atoms with E-state index in [4.69, 9.17) is 0 Å². The summed E-state index contributed by atoms with van der Waals surface area (Å²) in [6.07, 6.45) is 4.57. The zero-order valence-corrected chi connectivity index (χ0v) is 16.4. The van der Waals surface area contributed by atoms with Crippen molar-refractivity contribution in [3.8, 4) is 0 Å². The van der Waals surface area contributed by atoms with Crippen molar-refractivity contribution in [2.75, 3.05) is 22.9 Å². The molecule has 1 aromatic carbocycles. The maximum absolute atomic E-state index is 12.8. The van der Waals surface area contributed by atoms with Crippen LogP contribution in [0, 0.1) is 5.92 Å². The average Bonchev–Trinajstić information content (AvgIpc) is 3.40. The van der Waals surface area contributed by atoms with Crippen LogP contribution in [-0.4, -0.2) is 42.9 Å². The number of unbranched alkanes of at least 4 members (excludes halogenated alkanes) is 1. The van der Waals surface area contributed by atoms with Crippen molar-refractivity contribution >= 4 is 33.2 Å². The molecule has 2 amide bonds. The molecular formula is C19H27N3O4S. The molecule has 2 aliphatic rings. The van der Waals surface area contributed by atoms with Crippen LogP contribution in [0.2, 0.25) is 0 Å². The summed E-state index contributed by atoms with van der Waals surface area (Å²) in [5.41, 5.74) is 1.18. The molecule has 0 spiro atoms. The molecule has 1 aromatic rings. The van der Waals surface area contributed by atoms with E-state index in [1.54, 1.807) is 24.3 Å². The van der Waals surface area contributed by atoms with Crippen LogP contribution in [0.4, 0.5) is 11.4 Å². The molecule has 1 aliphatic carbocycles. The van der Waals surface area contributed by atoms with Gasteiger partial charge < -0.3 is 10.6 Å². The number of amides is 2. The number of nitrogens with zero attached hydrogens (tertiary/aromatic N) is 1. The Bertz CT molecular complexity index is 805. The van der Waals surface area contributed by atoms with Gasteiger partial charge in [0.15, 0.2) is 0 Å². The number of nitrogens with one attached hydrogen (secondary N) is 2. The van der Waals surface area contributed by atoms with E-state index in [1.807, 2.05) is 6.92 Å². The van der Waals surface area contributed by atoms with Crippen LogP contribution in [-0.2, 0) is 19.6 Å². The Morgan fingerprint density at radius 1 is 1.22 bits per heavy atom. The highest BCUT2D eigenvalue weighted by atomic mass is 32.2. The second-order valence-electron chi connectivity index (χ2n) is 7.27. The first-order chi connectivity index (χ1) is 12.9. The highest BCUT2D eigenvalue weighted by molar-refractivity contribution is 7.89. The first-order valence-electron chi connectivity index (χ1n) is 9.62. The average molecular weight is 394 g/mol. The Hall–Kier alpha value is -1.93.